The molecule has 0 aromatic heterocycles. The Balaban J connectivity index is 1.35. The maximum Gasteiger partial charge on any atom is 0.247 e. The number of carbonyl (C=O) groups excluding carboxylic acids is 3. The molecule has 0 unspecified atom stereocenters. The molecule has 0 spiro atoms. The molecule has 8 heteroatoms. The Labute approximate surface area is 220 Å². The number of fused-ring (bicyclic) bond motifs is 5. The number of amides is 3. The molecule has 0 saturated carbocycles. The lowest BCUT2D eigenvalue weighted by Crippen LogP contribution is -2.46. The van der Waals surface area contributed by atoms with E-state index in [1.54, 1.807) is 50.6 Å². The number of carbonyl (C=O) groups is 3. The summed E-state index contributed by atoms with van der Waals surface area (Å²) in [5.41, 5.74) is 3.33. The van der Waals surface area contributed by atoms with Gasteiger partial charge < -0.3 is 19.7 Å². The minimum atomic E-state index is -0.839. The van der Waals surface area contributed by atoms with Gasteiger partial charge in [-0.15, -0.1) is 0 Å². The number of nitrogens with one attached hydrogen (secondary N) is 1. The zero-order chi connectivity index (χ0) is 26.4. The Kier molecular flexibility index (Phi) is 5.87. The van der Waals surface area contributed by atoms with Gasteiger partial charge in [-0.1, -0.05) is 36.4 Å². The third kappa shape index (κ3) is 3.80. The molecule has 0 aliphatic carbocycles. The molecular weight excluding hydrogens is 482 g/mol. The predicted octanol–water partition coefficient (Wildman–Crippen LogP) is 3.85. The lowest BCUT2D eigenvalue weighted by molar-refractivity contribution is -0.143. The van der Waals surface area contributed by atoms with Crippen molar-refractivity contribution >= 4 is 29.5 Å². The van der Waals surface area contributed by atoms with Gasteiger partial charge in [-0.05, 0) is 59.2 Å². The van der Waals surface area contributed by atoms with Crippen LogP contribution in [0.3, 0.4) is 0 Å². The molecule has 3 aliphatic rings. The monoisotopic (exact) mass is 509 g/mol. The first kappa shape index (κ1) is 23.8. The van der Waals surface area contributed by atoms with Gasteiger partial charge in [0.05, 0.1) is 38.6 Å². The number of benzene rings is 3. The molecule has 3 amide bonds. The smallest absolute Gasteiger partial charge is 0.247 e. The van der Waals surface area contributed by atoms with Gasteiger partial charge in [0.1, 0.15) is 17.5 Å². The van der Waals surface area contributed by atoms with Crippen molar-refractivity contribution in [3.05, 3.63) is 95.7 Å². The van der Waals surface area contributed by atoms with Crippen LogP contribution in [0, 0.1) is 11.8 Å². The molecule has 3 aromatic carbocycles. The van der Waals surface area contributed by atoms with Gasteiger partial charge in [0.2, 0.25) is 17.7 Å². The maximum atomic E-state index is 13.9. The van der Waals surface area contributed by atoms with E-state index in [2.05, 4.69) is 5.32 Å². The Hall–Kier alpha value is -4.59. The molecule has 0 radical (unpaired) electrons. The molecule has 192 valence electrons. The van der Waals surface area contributed by atoms with Crippen molar-refractivity contribution in [3.8, 4) is 11.5 Å². The molecular formula is C30H27N3O5. The van der Waals surface area contributed by atoms with Crippen LogP contribution in [0.25, 0.3) is 6.08 Å². The lowest BCUT2D eigenvalue weighted by atomic mass is 9.84. The Morgan fingerprint density at radius 2 is 1.47 bits per heavy atom. The summed E-state index contributed by atoms with van der Waals surface area (Å²) in [4.78, 5) is 44.7. The average molecular weight is 510 g/mol. The number of nitrogens with zero attached hydrogens (tertiary/aromatic N) is 2. The van der Waals surface area contributed by atoms with E-state index in [0.29, 0.717) is 17.2 Å². The number of ether oxygens (including phenoxy) is 2. The van der Waals surface area contributed by atoms with Gasteiger partial charge >= 0.3 is 0 Å². The molecule has 3 aromatic rings. The molecule has 4 atom stereocenters. The van der Waals surface area contributed by atoms with Crippen LogP contribution in [-0.4, -0.2) is 47.8 Å². The van der Waals surface area contributed by atoms with Gasteiger partial charge in [-0.25, -0.2) is 0 Å². The molecule has 0 bridgehead atoms. The zero-order valence-electron chi connectivity index (χ0n) is 21.0. The highest BCUT2D eigenvalue weighted by Crippen LogP contribution is 2.52. The van der Waals surface area contributed by atoms with Gasteiger partial charge in [-0.2, -0.15) is 0 Å². The molecule has 8 nitrogen and oxygen atoms in total. The van der Waals surface area contributed by atoms with Crippen LogP contribution in [-0.2, 0) is 20.9 Å². The first-order valence-electron chi connectivity index (χ1n) is 12.5. The summed E-state index contributed by atoms with van der Waals surface area (Å²) in [7, 11) is 3.16. The third-order valence-electron chi connectivity index (χ3n) is 7.68. The summed E-state index contributed by atoms with van der Waals surface area (Å²) in [6.45, 7) is 0.145. The Bertz CT molecular complexity index is 1430. The molecule has 3 heterocycles. The minimum Gasteiger partial charge on any atom is -0.497 e. The first-order chi connectivity index (χ1) is 18.5. The van der Waals surface area contributed by atoms with Crippen molar-refractivity contribution in [2.45, 2.75) is 18.6 Å². The van der Waals surface area contributed by atoms with E-state index in [9.17, 15) is 14.4 Å². The number of imide groups is 1. The van der Waals surface area contributed by atoms with E-state index in [1.165, 1.54) is 4.90 Å². The Morgan fingerprint density at radius 3 is 2.16 bits per heavy atom. The average Bonchev–Trinajstić information content (AvgIpc) is 3.42. The van der Waals surface area contributed by atoms with E-state index < -0.39 is 23.9 Å². The molecule has 2 saturated heterocycles. The van der Waals surface area contributed by atoms with Crippen LogP contribution in [0.1, 0.15) is 22.7 Å². The van der Waals surface area contributed by atoms with Crippen molar-refractivity contribution in [3.63, 3.8) is 0 Å². The molecule has 3 aliphatic heterocycles. The summed E-state index contributed by atoms with van der Waals surface area (Å²) in [5.74, 6) is -1.02. The number of methoxy groups -OCH3 is 2. The maximum absolute atomic E-state index is 13.9. The summed E-state index contributed by atoms with van der Waals surface area (Å²) in [6, 6.07) is 20.9. The van der Waals surface area contributed by atoms with E-state index >= 15 is 0 Å². The van der Waals surface area contributed by atoms with E-state index in [1.807, 2.05) is 53.6 Å². The van der Waals surface area contributed by atoms with Gasteiger partial charge in [0.15, 0.2) is 0 Å². The van der Waals surface area contributed by atoms with Crippen LogP contribution in [0.2, 0.25) is 0 Å². The van der Waals surface area contributed by atoms with Crippen LogP contribution in [0.4, 0.5) is 5.69 Å². The van der Waals surface area contributed by atoms with Crippen molar-refractivity contribution < 1.29 is 23.9 Å². The fourth-order valence-corrected chi connectivity index (χ4v) is 5.88. The topological polar surface area (TPSA) is 88.2 Å². The molecule has 38 heavy (non-hydrogen) atoms. The molecule has 2 fully saturated rings. The fourth-order valence-electron chi connectivity index (χ4n) is 5.88. The van der Waals surface area contributed by atoms with Crippen LogP contribution >= 0.6 is 0 Å². The largest absolute Gasteiger partial charge is 0.497 e. The summed E-state index contributed by atoms with van der Waals surface area (Å²) in [6.07, 6.45) is 3.78. The van der Waals surface area contributed by atoms with E-state index in [-0.39, 0.29) is 24.3 Å². The number of hydrogen-bond acceptors (Lipinski definition) is 6. The molecule has 1 N–H and O–H groups in total. The quantitative estimate of drug-likeness (QED) is 0.508. The number of rotatable bonds is 6. The predicted molar refractivity (Wildman–Crippen MR) is 141 cm³/mol. The highest BCUT2D eigenvalue weighted by molar-refractivity contribution is 6.10. The van der Waals surface area contributed by atoms with Crippen LogP contribution in [0.15, 0.2) is 79.0 Å². The van der Waals surface area contributed by atoms with Crippen molar-refractivity contribution in [2.24, 2.45) is 11.8 Å². The minimum absolute atomic E-state index is 0.145. The number of likely N-dealkylation sites (tertiary alicyclic amines) is 1. The van der Waals surface area contributed by atoms with E-state index in [4.69, 9.17) is 9.47 Å². The van der Waals surface area contributed by atoms with E-state index in [0.717, 1.165) is 16.7 Å². The highest BCUT2D eigenvalue weighted by atomic mass is 16.5. The summed E-state index contributed by atoms with van der Waals surface area (Å²) >= 11 is 0. The fraction of sp³-hybridized carbons (Fsp3) is 0.233. The van der Waals surface area contributed by atoms with Crippen molar-refractivity contribution in [2.75, 3.05) is 19.5 Å². The Morgan fingerprint density at radius 1 is 0.842 bits per heavy atom. The van der Waals surface area contributed by atoms with Gasteiger partial charge in [0, 0.05) is 11.9 Å². The second-order valence-electron chi connectivity index (χ2n) is 9.66. The van der Waals surface area contributed by atoms with Crippen LogP contribution < -0.4 is 14.8 Å². The lowest BCUT2D eigenvalue weighted by Gasteiger charge is -2.35. The van der Waals surface area contributed by atoms with Crippen LogP contribution in [0.5, 0.6) is 11.5 Å². The molecule has 6 rings (SSSR count). The van der Waals surface area contributed by atoms with Crippen molar-refractivity contribution in [1.82, 2.24) is 9.80 Å². The van der Waals surface area contributed by atoms with Gasteiger partial charge in [-0.3, -0.25) is 19.3 Å². The number of anilines is 1. The third-order valence-corrected chi connectivity index (χ3v) is 7.68. The first-order valence-corrected chi connectivity index (χ1v) is 12.5. The normalized spacial score (nSPS) is 23.1. The van der Waals surface area contributed by atoms with Crippen molar-refractivity contribution in [1.29, 1.82) is 0 Å². The second kappa shape index (κ2) is 9.37. The second-order valence-corrected chi connectivity index (χ2v) is 9.66. The highest BCUT2D eigenvalue weighted by Gasteiger charge is 2.64. The standard InChI is InChI=1S/C30H27N3O5/c1-37-21-11-7-18(8-12-21)17-33-29(35)24-25(30(33)36)27(28(34)31-20-9-13-22(38-2)14-10-20)32-16-15-19-5-3-4-6-23(19)26(24)32/h3-16,24-27H,17H2,1-2H3,(H,31,34)/t24-,25-,26-,27+/m1/s1. The summed E-state index contributed by atoms with van der Waals surface area (Å²) in [5, 5.41) is 2.95. The zero-order valence-corrected chi connectivity index (χ0v) is 21.0. The number of hydrogen-bond donors (Lipinski definition) is 1. The SMILES string of the molecule is COc1ccc(CN2C(=O)[C@@H]3[C@@H](C2=O)[C@H]2c4ccccc4C=CN2[C@@H]3C(=O)Nc2ccc(OC)cc2)cc1. The summed E-state index contributed by atoms with van der Waals surface area (Å²) < 4.78 is 10.4. The van der Waals surface area contributed by atoms with Gasteiger partial charge in [0.25, 0.3) is 0 Å².